The van der Waals surface area contributed by atoms with Crippen LogP contribution >= 0.6 is 0 Å². The smallest absolute Gasteiger partial charge is 0.164 e. The maximum atomic E-state index is 6.38. The van der Waals surface area contributed by atoms with Crippen LogP contribution in [0.4, 0.5) is 0 Å². The standard InChI is InChI=1S/C47H31N3O2/c1-2-12-29-27-30(24-23-28(29)11-1)45-48-46(50-47(49-45)38-18-10-22-42-44(38)37-16-6-8-20-40(37)52-42)35-26-25-33(31-13-3-4-14-32(31)35)34-17-9-21-41-43(34)36-15-5-7-19-39(36)51-41/h1-9,11-21,23-24,27H,10,22,25-26H2. The molecule has 246 valence electrons. The van der Waals surface area contributed by atoms with E-state index in [4.69, 9.17) is 23.8 Å². The maximum Gasteiger partial charge on any atom is 0.164 e. The Hall–Kier alpha value is -6.59. The molecule has 0 radical (unpaired) electrons. The van der Waals surface area contributed by atoms with Crippen molar-refractivity contribution in [3.8, 4) is 11.4 Å². The molecular formula is C47H31N3O2. The molecule has 5 nitrogen and oxygen atoms in total. The molecule has 0 fully saturated rings. The van der Waals surface area contributed by atoms with Crippen molar-refractivity contribution in [2.24, 2.45) is 0 Å². The van der Waals surface area contributed by atoms with E-state index in [0.29, 0.717) is 17.5 Å². The highest BCUT2D eigenvalue weighted by Gasteiger charge is 2.26. The summed E-state index contributed by atoms with van der Waals surface area (Å²) in [6.45, 7) is 0. The van der Waals surface area contributed by atoms with Gasteiger partial charge in [-0.15, -0.1) is 0 Å². The van der Waals surface area contributed by atoms with Crippen LogP contribution in [0.2, 0.25) is 0 Å². The zero-order valence-electron chi connectivity index (χ0n) is 28.3. The Bertz CT molecular complexity index is 3090. The van der Waals surface area contributed by atoms with Crippen molar-refractivity contribution in [2.75, 3.05) is 0 Å². The lowest BCUT2D eigenvalue weighted by Gasteiger charge is -2.19. The molecule has 0 saturated heterocycles. The monoisotopic (exact) mass is 669 g/mol. The first-order chi connectivity index (χ1) is 25.8. The highest BCUT2D eigenvalue weighted by Crippen LogP contribution is 2.40. The second-order valence-electron chi connectivity index (χ2n) is 13.7. The summed E-state index contributed by atoms with van der Waals surface area (Å²) in [5, 5.41) is 8.09. The third-order valence-electron chi connectivity index (χ3n) is 10.7. The van der Waals surface area contributed by atoms with Crippen LogP contribution in [0.15, 0.2) is 148 Å². The van der Waals surface area contributed by atoms with Crippen molar-refractivity contribution in [3.05, 3.63) is 179 Å². The van der Waals surface area contributed by atoms with Crippen molar-refractivity contribution in [1.82, 2.24) is 15.0 Å². The minimum absolute atomic E-state index is 0.668. The quantitative estimate of drug-likeness (QED) is 0.187. The van der Waals surface area contributed by atoms with Crippen molar-refractivity contribution in [2.45, 2.75) is 25.7 Å². The molecule has 2 aliphatic carbocycles. The number of fused-ring (bicyclic) bond motifs is 8. The first-order valence-electron chi connectivity index (χ1n) is 18.0. The van der Waals surface area contributed by atoms with E-state index in [0.717, 1.165) is 91.8 Å². The first kappa shape index (κ1) is 29.2. The number of allylic oxidation sites excluding steroid dienone is 1. The van der Waals surface area contributed by atoms with Crippen LogP contribution in [-0.4, -0.2) is 15.0 Å². The van der Waals surface area contributed by atoms with E-state index < -0.39 is 0 Å². The fraction of sp³-hybridized carbons (Fsp3) is 0.0851. The van der Waals surface area contributed by atoms with Gasteiger partial charge in [0.05, 0.1) is 0 Å². The molecule has 0 amide bonds. The van der Waals surface area contributed by atoms with Gasteiger partial charge in [0.1, 0.15) is 22.5 Å². The third-order valence-corrected chi connectivity index (χ3v) is 10.7. The molecule has 52 heavy (non-hydrogen) atoms. The van der Waals surface area contributed by atoms with Crippen molar-refractivity contribution < 1.29 is 8.83 Å². The Morgan fingerprint density at radius 3 is 2.04 bits per heavy atom. The van der Waals surface area contributed by atoms with E-state index in [-0.39, 0.29) is 0 Å². The molecule has 0 N–H and O–H groups in total. The molecule has 6 aromatic carbocycles. The largest absolute Gasteiger partial charge is 0.460 e. The molecule has 0 spiro atoms. The summed E-state index contributed by atoms with van der Waals surface area (Å²) in [5.41, 5.74) is 9.43. The van der Waals surface area contributed by atoms with Crippen LogP contribution in [0.1, 0.15) is 47.8 Å². The SMILES string of the molecule is C1=C(c2nc(C3=c4ccccc4=C(c4cccc5oc6ccccc6c45)CC3)nc(-c3ccc4ccccc4c3)n2)c2c(oc3ccccc23)CC1. The fourth-order valence-corrected chi connectivity index (χ4v) is 8.38. The minimum Gasteiger partial charge on any atom is -0.460 e. The van der Waals surface area contributed by atoms with Gasteiger partial charge in [-0.25, -0.2) is 15.0 Å². The number of aryl methyl sites for hydroxylation is 1. The van der Waals surface area contributed by atoms with Crippen LogP contribution in [0, 0.1) is 0 Å². The number of hydrogen-bond donors (Lipinski definition) is 0. The molecule has 0 aliphatic heterocycles. The third kappa shape index (κ3) is 4.52. The van der Waals surface area contributed by atoms with Gasteiger partial charge in [0.25, 0.3) is 0 Å². The maximum absolute atomic E-state index is 6.38. The Morgan fingerprint density at radius 1 is 0.481 bits per heavy atom. The molecule has 0 bridgehead atoms. The highest BCUT2D eigenvalue weighted by atomic mass is 16.3. The lowest BCUT2D eigenvalue weighted by atomic mass is 9.87. The Kier molecular flexibility index (Phi) is 6.44. The number of aromatic nitrogens is 3. The highest BCUT2D eigenvalue weighted by molar-refractivity contribution is 6.10. The summed E-state index contributed by atoms with van der Waals surface area (Å²) in [6, 6.07) is 46.6. The average molecular weight is 670 g/mol. The fourth-order valence-electron chi connectivity index (χ4n) is 8.38. The lowest BCUT2D eigenvalue weighted by Crippen LogP contribution is -2.33. The van der Waals surface area contributed by atoms with Crippen molar-refractivity contribution >= 4 is 60.4 Å². The molecular weight excluding hydrogens is 639 g/mol. The van der Waals surface area contributed by atoms with Crippen LogP contribution in [0.3, 0.4) is 0 Å². The molecule has 3 heterocycles. The normalized spacial score (nSPS) is 14.3. The van der Waals surface area contributed by atoms with Gasteiger partial charge in [0, 0.05) is 44.9 Å². The van der Waals surface area contributed by atoms with E-state index in [2.05, 4.69) is 115 Å². The molecule has 9 aromatic rings. The Balaban J connectivity index is 1.17. The van der Waals surface area contributed by atoms with Gasteiger partial charge in [-0.3, -0.25) is 0 Å². The summed E-state index contributed by atoms with van der Waals surface area (Å²) in [7, 11) is 0. The summed E-state index contributed by atoms with van der Waals surface area (Å²) in [5.74, 6) is 3.05. The zero-order chi connectivity index (χ0) is 34.2. The van der Waals surface area contributed by atoms with E-state index in [9.17, 15) is 0 Å². The molecule has 2 aliphatic rings. The van der Waals surface area contributed by atoms with E-state index >= 15 is 0 Å². The molecule has 11 rings (SSSR count). The average Bonchev–Trinajstić information content (AvgIpc) is 3.79. The summed E-state index contributed by atoms with van der Waals surface area (Å²) < 4.78 is 12.7. The van der Waals surface area contributed by atoms with Crippen LogP contribution in [0.5, 0.6) is 0 Å². The second kappa shape index (κ2) is 11.5. The van der Waals surface area contributed by atoms with Gasteiger partial charge in [-0.2, -0.15) is 0 Å². The summed E-state index contributed by atoms with van der Waals surface area (Å²) in [4.78, 5) is 15.8. The molecule has 3 aromatic heterocycles. The van der Waals surface area contributed by atoms with Gasteiger partial charge in [-0.1, -0.05) is 115 Å². The van der Waals surface area contributed by atoms with Crippen LogP contribution in [-0.2, 0) is 6.42 Å². The van der Waals surface area contributed by atoms with Gasteiger partial charge < -0.3 is 8.83 Å². The van der Waals surface area contributed by atoms with E-state index in [1.165, 1.54) is 27.1 Å². The first-order valence-corrected chi connectivity index (χ1v) is 18.0. The van der Waals surface area contributed by atoms with Gasteiger partial charge in [-0.05, 0) is 75.9 Å². The lowest BCUT2D eigenvalue weighted by molar-refractivity contribution is 0.545. The summed E-state index contributed by atoms with van der Waals surface area (Å²) >= 11 is 0. The molecule has 0 saturated carbocycles. The molecule has 0 unspecified atom stereocenters. The zero-order valence-corrected chi connectivity index (χ0v) is 28.3. The Labute approximate surface area is 298 Å². The van der Waals surface area contributed by atoms with E-state index in [1.807, 2.05) is 24.3 Å². The van der Waals surface area contributed by atoms with Crippen LogP contribution in [0.25, 0.3) is 71.8 Å². The minimum atomic E-state index is 0.668. The van der Waals surface area contributed by atoms with Gasteiger partial charge in [0.15, 0.2) is 17.5 Å². The number of rotatable bonds is 4. The van der Waals surface area contributed by atoms with Gasteiger partial charge >= 0.3 is 0 Å². The topological polar surface area (TPSA) is 65.0 Å². The molecule has 0 atom stereocenters. The molecule has 5 heteroatoms. The van der Waals surface area contributed by atoms with Gasteiger partial charge in [0.2, 0.25) is 0 Å². The number of furan rings is 2. The van der Waals surface area contributed by atoms with Crippen molar-refractivity contribution in [1.29, 1.82) is 0 Å². The number of hydrogen-bond acceptors (Lipinski definition) is 5. The number of nitrogens with zero attached hydrogens (tertiary/aromatic N) is 3. The van der Waals surface area contributed by atoms with Crippen molar-refractivity contribution in [3.63, 3.8) is 0 Å². The Morgan fingerprint density at radius 2 is 1.15 bits per heavy atom. The summed E-state index contributed by atoms with van der Waals surface area (Å²) in [6.07, 6.45) is 5.62. The number of benzene rings is 6. The van der Waals surface area contributed by atoms with E-state index in [1.54, 1.807) is 0 Å². The second-order valence-corrected chi connectivity index (χ2v) is 13.7. The van der Waals surface area contributed by atoms with Crippen LogP contribution < -0.4 is 10.4 Å². The predicted molar refractivity (Wildman–Crippen MR) is 208 cm³/mol. The number of para-hydroxylation sites is 2. The predicted octanol–water partition coefficient (Wildman–Crippen LogP) is 9.91.